The number of para-hydroxylation sites is 1. The molecule has 0 saturated carbocycles. The van der Waals surface area contributed by atoms with E-state index in [1.807, 2.05) is 52.5 Å². The van der Waals surface area contributed by atoms with Crippen LogP contribution in [0, 0.1) is 6.92 Å². The molecule has 10 heteroatoms. The fourth-order valence-corrected chi connectivity index (χ4v) is 6.93. The lowest BCUT2D eigenvalue weighted by atomic mass is 9.91. The molecular formula is C34H38N8O2. The maximum Gasteiger partial charge on any atom is 0.322 e. The van der Waals surface area contributed by atoms with Gasteiger partial charge in [0.15, 0.2) is 0 Å². The number of hydrogen-bond acceptors (Lipinski definition) is 6. The molecule has 3 N–H and O–H groups in total. The number of piperidine rings is 1. The Hall–Kier alpha value is -4.70. The summed E-state index contributed by atoms with van der Waals surface area (Å²) in [6.45, 7) is 5.46. The van der Waals surface area contributed by atoms with Crippen molar-refractivity contribution in [2.75, 3.05) is 23.8 Å². The van der Waals surface area contributed by atoms with Crippen LogP contribution in [0.2, 0.25) is 0 Å². The third-order valence-electron chi connectivity index (χ3n) is 9.21. The number of nitrogens with one attached hydrogen (secondary N) is 3. The van der Waals surface area contributed by atoms with E-state index in [0.717, 1.165) is 54.1 Å². The molecule has 3 aliphatic rings. The summed E-state index contributed by atoms with van der Waals surface area (Å²) >= 11 is 0. The van der Waals surface area contributed by atoms with Crippen LogP contribution in [-0.4, -0.2) is 55.4 Å². The van der Waals surface area contributed by atoms with E-state index in [4.69, 9.17) is 4.98 Å². The van der Waals surface area contributed by atoms with Gasteiger partial charge in [-0.25, -0.2) is 15.2 Å². The van der Waals surface area contributed by atoms with Gasteiger partial charge in [-0.05, 0) is 72.2 Å². The molecule has 0 bridgehead atoms. The number of amides is 3. The second kappa shape index (κ2) is 12.1. The molecule has 1 fully saturated rings. The Morgan fingerprint density at radius 3 is 2.68 bits per heavy atom. The second-order valence-electron chi connectivity index (χ2n) is 12.1. The van der Waals surface area contributed by atoms with Crippen LogP contribution in [-0.2, 0) is 30.8 Å². The first-order chi connectivity index (χ1) is 21.5. The van der Waals surface area contributed by atoms with Gasteiger partial charge in [0.05, 0.1) is 5.69 Å². The van der Waals surface area contributed by atoms with E-state index >= 15 is 0 Å². The highest BCUT2D eigenvalue weighted by molar-refractivity contribution is 5.92. The van der Waals surface area contributed by atoms with Crippen molar-refractivity contribution in [1.29, 1.82) is 0 Å². The molecule has 44 heavy (non-hydrogen) atoms. The Bertz CT molecular complexity index is 1660. The zero-order chi connectivity index (χ0) is 30.0. The van der Waals surface area contributed by atoms with Crippen molar-refractivity contribution in [3.63, 3.8) is 0 Å². The number of benzene rings is 2. The highest BCUT2D eigenvalue weighted by Crippen LogP contribution is 2.32. The normalized spacial score (nSPS) is 17.1. The first-order valence-corrected chi connectivity index (χ1v) is 15.5. The number of aryl methyl sites for hydroxylation is 1. The third kappa shape index (κ3) is 5.77. The minimum Gasteiger partial charge on any atom is -0.343 e. The van der Waals surface area contributed by atoms with E-state index in [2.05, 4.69) is 50.8 Å². The molecule has 0 spiro atoms. The number of hydrazine groups is 1. The van der Waals surface area contributed by atoms with E-state index < -0.39 is 0 Å². The average molecular weight is 591 g/mol. The zero-order valence-corrected chi connectivity index (χ0v) is 25.0. The number of hydrogen-bond donors (Lipinski definition) is 3. The van der Waals surface area contributed by atoms with Crippen LogP contribution in [0.25, 0.3) is 0 Å². The number of pyridine rings is 1. The predicted molar refractivity (Wildman–Crippen MR) is 169 cm³/mol. The van der Waals surface area contributed by atoms with E-state index in [1.54, 1.807) is 12.4 Å². The van der Waals surface area contributed by atoms with Gasteiger partial charge in [-0.15, -0.1) is 0 Å². The molecule has 1 saturated heterocycles. The number of carbonyl (C=O) groups is 2. The lowest BCUT2D eigenvalue weighted by Gasteiger charge is -2.40. The van der Waals surface area contributed by atoms with Crippen LogP contribution < -0.4 is 16.2 Å². The molecule has 7 rings (SSSR count). The first kappa shape index (κ1) is 28.1. The van der Waals surface area contributed by atoms with Gasteiger partial charge in [-0.1, -0.05) is 30.3 Å². The first-order valence-electron chi connectivity index (χ1n) is 15.5. The number of fused-ring (bicyclic) bond motifs is 2. The summed E-state index contributed by atoms with van der Waals surface area (Å²) in [5, 5.41) is 3.03. The molecule has 2 aromatic heterocycles. The Morgan fingerprint density at radius 2 is 1.84 bits per heavy atom. The maximum absolute atomic E-state index is 13.9. The molecular weight excluding hydrogens is 552 g/mol. The Kier molecular flexibility index (Phi) is 7.74. The van der Waals surface area contributed by atoms with Crippen molar-refractivity contribution in [3.8, 4) is 0 Å². The fourth-order valence-electron chi connectivity index (χ4n) is 6.93. The van der Waals surface area contributed by atoms with E-state index in [0.29, 0.717) is 32.6 Å². The smallest absolute Gasteiger partial charge is 0.322 e. The number of rotatable bonds is 8. The minimum absolute atomic E-state index is 0.0513. The molecule has 4 aromatic rings. The summed E-state index contributed by atoms with van der Waals surface area (Å²) in [4.78, 5) is 39.7. The van der Waals surface area contributed by atoms with Crippen LogP contribution in [0.3, 0.4) is 0 Å². The minimum atomic E-state index is -0.0822. The van der Waals surface area contributed by atoms with Gasteiger partial charge >= 0.3 is 6.03 Å². The number of likely N-dealkylation sites (tertiary alicyclic amines) is 1. The summed E-state index contributed by atoms with van der Waals surface area (Å²) in [7, 11) is 0. The van der Waals surface area contributed by atoms with Gasteiger partial charge in [0.2, 0.25) is 5.91 Å². The number of imidazole rings is 1. The average Bonchev–Trinajstić information content (AvgIpc) is 3.71. The van der Waals surface area contributed by atoms with Crippen LogP contribution in [0.4, 0.5) is 16.2 Å². The maximum atomic E-state index is 13.9. The molecule has 2 aromatic carbocycles. The van der Waals surface area contributed by atoms with Gasteiger partial charge in [-0.3, -0.25) is 9.78 Å². The van der Waals surface area contributed by atoms with E-state index in [9.17, 15) is 9.59 Å². The molecule has 10 nitrogen and oxygen atoms in total. The van der Waals surface area contributed by atoms with E-state index in [1.165, 1.54) is 16.7 Å². The van der Waals surface area contributed by atoms with Gasteiger partial charge in [0.25, 0.3) is 0 Å². The molecule has 3 amide bonds. The Morgan fingerprint density at radius 1 is 1.02 bits per heavy atom. The van der Waals surface area contributed by atoms with Crippen molar-refractivity contribution in [2.45, 2.75) is 64.2 Å². The molecule has 1 unspecified atom stereocenters. The number of carbonyl (C=O) groups excluding carboxylic acids is 2. The van der Waals surface area contributed by atoms with Crippen molar-refractivity contribution >= 4 is 23.3 Å². The Balaban J connectivity index is 1.07. The summed E-state index contributed by atoms with van der Waals surface area (Å²) in [6, 6.07) is 16.5. The lowest BCUT2D eigenvalue weighted by Crippen LogP contribution is -2.51. The zero-order valence-electron chi connectivity index (χ0n) is 25.0. The molecule has 0 radical (unpaired) electrons. The summed E-state index contributed by atoms with van der Waals surface area (Å²) in [6.07, 6.45) is 10.1. The summed E-state index contributed by atoms with van der Waals surface area (Å²) < 4.78 is 2.16. The number of urea groups is 1. The number of anilines is 2. The Labute approximate surface area is 257 Å². The monoisotopic (exact) mass is 590 g/mol. The van der Waals surface area contributed by atoms with Gasteiger partial charge in [0, 0.05) is 81.6 Å². The largest absolute Gasteiger partial charge is 0.343 e. The van der Waals surface area contributed by atoms with Gasteiger partial charge in [-0.2, -0.15) is 0 Å². The third-order valence-corrected chi connectivity index (χ3v) is 9.21. The van der Waals surface area contributed by atoms with E-state index in [-0.39, 0.29) is 23.9 Å². The van der Waals surface area contributed by atoms with Crippen molar-refractivity contribution in [3.05, 3.63) is 107 Å². The molecule has 3 aliphatic heterocycles. The van der Waals surface area contributed by atoms with Gasteiger partial charge < -0.3 is 25.1 Å². The summed E-state index contributed by atoms with van der Waals surface area (Å²) in [5.41, 5.74) is 14.4. The molecule has 1 atom stereocenters. The number of aromatic nitrogens is 3. The second-order valence-corrected chi connectivity index (χ2v) is 12.1. The molecule has 226 valence electrons. The van der Waals surface area contributed by atoms with Crippen molar-refractivity contribution in [1.82, 2.24) is 29.8 Å². The van der Waals surface area contributed by atoms with Crippen LogP contribution >= 0.6 is 0 Å². The highest BCUT2D eigenvalue weighted by atomic mass is 16.2. The molecule has 5 heterocycles. The number of nitrogens with zero attached hydrogens (tertiary/aromatic N) is 5. The molecule has 0 aliphatic carbocycles. The quantitative estimate of drug-likeness (QED) is 0.272. The van der Waals surface area contributed by atoms with Gasteiger partial charge in [0.1, 0.15) is 5.82 Å². The fraction of sp³-hybridized carbons (Fsp3) is 0.353. The van der Waals surface area contributed by atoms with Crippen LogP contribution in [0.5, 0.6) is 0 Å². The predicted octanol–water partition coefficient (Wildman–Crippen LogP) is 4.82. The lowest BCUT2D eigenvalue weighted by molar-refractivity contribution is -0.133. The van der Waals surface area contributed by atoms with Crippen LogP contribution in [0.1, 0.15) is 58.8 Å². The highest BCUT2D eigenvalue weighted by Gasteiger charge is 2.33. The summed E-state index contributed by atoms with van der Waals surface area (Å²) in [5.74, 6) is 0.978. The van der Waals surface area contributed by atoms with Crippen LogP contribution in [0.15, 0.2) is 73.3 Å². The van der Waals surface area contributed by atoms with Crippen molar-refractivity contribution < 1.29 is 9.59 Å². The standard InChI is InChI=1S/C34H38N8O2/c1-23-16-25(18-28-20-37-39-32(23)28)17-27(33-36-12-15-41(33)21-24-6-10-35-11-7-24)19-31(43)40-13-8-29(9-14-40)42-22-26-4-2-3-5-30(26)38-34(42)44/h2-7,10-12,15-16,18,27,29,37,39H,8-9,13-14,17,19-22H2,1H3,(H,38,44). The SMILES string of the molecule is Cc1cc(CC(CC(=O)N2CCC(N3Cc4ccccc4NC3=O)CC2)c2nccn2Cc2ccncc2)cc2c1NNC2. The van der Waals surface area contributed by atoms with Crippen molar-refractivity contribution in [2.24, 2.45) is 0 Å². The topological polar surface area (TPSA) is 107 Å².